The molecule has 0 aromatic heterocycles. The van der Waals surface area contributed by atoms with Gasteiger partial charge in [0.15, 0.2) is 0 Å². The van der Waals surface area contributed by atoms with Crippen molar-refractivity contribution in [2.45, 2.75) is 20.3 Å². The third-order valence-electron chi connectivity index (χ3n) is 0.144. The average Bonchev–Trinajstić information content (AvgIpc) is 1.69. The van der Waals surface area contributed by atoms with Gasteiger partial charge in [-0.05, 0) is 0 Å². The van der Waals surface area contributed by atoms with Crippen LogP contribution in [0.4, 0.5) is 0 Å². The third kappa shape index (κ3) is 196. The van der Waals surface area contributed by atoms with Crippen LogP contribution in [0.1, 0.15) is 20.3 Å². The predicted molar refractivity (Wildman–Crippen MR) is 27.4 cm³/mol. The molecule has 2 nitrogen and oxygen atoms in total. The molecular formula is C5H8NiO2. The summed E-state index contributed by atoms with van der Waals surface area (Å²) in [5.41, 5.74) is 0. The summed E-state index contributed by atoms with van der Waals surface area (Å²) in [5.74, 6) is 0. The van der Waals surface area contributed by atoms with Gasteiger partial charge >= 0.3 is 16.5 Å². The Kier molecular flexibility index (Phi) is 56.7. The molecule has 0 radical (unpaired) electrons. The van der Waals surface area contributed by atoms with E-state index in [0.29, 0.717) is 6.42 Å². The molecule has 3 heteroatoms. The molecule has 0 aromatic rings. The van der Waals surface area contributed by atoms with Crippen LogP contribution in [0.15, 0.2) is 0 Å². The summed E-state index contributed by atoms with van der Waals surface area (Å²) in [7, 11) is 0. The van der Waals surface area contributed by atoms with Gasteiger partial charge in [0, 0.05) is 0 Å². The van der Waals surface area contributed by atoms with Crippen LogP contribution >= 0.6 is 0 Å². The molecule has 0 saturated heterocycles. The van der Waals surface area contributed by atoms with Crippen molar-refractivity contribution >= 4 is 12.6 Å². The summed E-state index contributed by atoms with van der Waals surface area (Å²) in [5, 5.41) is 0. The Morgan fingerprint density at radius 3 is 1.50 bits per heavy atom. The van der Waals surface area contributed by atoms with Crippen LogP contribution in [-0.2, 0) is 26.1 Å². The van der Waals surface area contributed by atoms with Crippen molar-refractivity contribution in [2.24, 2.45) is 0 Å². The van der Waals surface area contributed by atoms with Crippen LogP contribution in [0.2, 0.25) is 0 Å². The van der Waals surface area contributed by atoms with Gasteiger partial charge in [0.2, 0.25) is 0 Å². The molecule has 0 aromatic carbocycles. The fourth-order valence-corrected chi connectivity index (χ4v) is 0. The maximum absolute atomic E-state index is 9.05. The van der Waals surface area contributed by atoms with Crippen LogP contribution in [0, 0.1) is 0 Å². The maximum atomic E-state index is 9.05. The summed E-state index contributed by atoms with van der Waals surface area (Å²) in [6.07, 6.45) is 3.69. The zero-order valence-electron chi connectivity index (χ0n) is 4.84. The van der Waals surface area contributed by atoms with Crippen LogP contribution < -0.4 is 0 Å². The Labute approximate surface area is 59.6 Å². The van der Waals surface area contributed by atoms with Crippen molar-refractivity contribution in [3.8, 4) is 0 Å². The van der Waals surface area contributed by atoms with E-state index in [0.717, 1.165) is 0 Å². The van der Waals surface area contributed by atoms with Crippen molar-refractivity contribution < 1.29 is 26.1 Å². The van der Waals surface area contributed by atoms with Gasteiger partial charge in [-0.25, -0.2) is 0 Å². The van der Waals surface area contributed by atoms with E-state index in [4.69, 9.17) is 9.59 Å². The van der Waals surface area contributed by atoms with E-state index in [1.165, 1.54) is 13.2 Å². The smallest absolute Gasteiger partial charge is 0.542 e. The largest absolute Gasteiger partial charge is 2.00 e. The monoisotopic (exact) mass is 158 g/mol. The minimum absolute atomic E-state index is 0. The second-order valence-corrected chi connectivity index (χ2v) is 0.702. The molecule has 50 valence electrons. The number of hydrogen-bond acceptors (Lipinski definition) is 2. The molecule has 0 amide bonds. The normalized spacial score (nSPS) is 4.75. The van der Waals surface area contributed by atoms with E-state index in [9.17, 15) is 0 Å². The van der Waals surface area contributed by atoms with Crippen LogP contribution in [0.3, 0.4) is 0 Å². The second-order valence-electron chi connectivity index (χ2n) is 0.702. The molecule has 0 N–H and O–H groups in total. The average molecular weight is 159 g/mol. The number of rotatable bonds is 1. The molecule has 0 aliphatic carbocycles. The molecule has 0 atom stereocenters. The van der Waals surface area contributed by atoms with E-state index in [1.54, 1.807) is 13.2 Å². The first-order valence-electron chi connectivity index (χ1n) is 1.97. The Bertz CT molecular complexity index is 45.7. The van der Waals surface area contributed by atoms with Gasteiger partial charge in [0.25, 0.3) is 0 Å². The third-order valence-corrected chi connectivity index (χ3v) is 0.144. The summed E-state index contributed by atoms with van der Waals surface area (Å²) >= 11 is 0. The fourth-order valence-electron chi connectivity index (χ4n) is 0. The van der Waals surface area contributed by atoms with Gasteiger partial charge < -0.3 is 9.59 Å². The van der Waals surface area contributed by atoms with Gasteiger partial charge in [-0.1, -0.05) is 6.92 Å². The topological polar surface area (TPSA) is 34.1 Å². The van der Waals surface area contributed by atoms with E-state index >= 15 is 0 Å². The van der Waals surface area contributed by atoms with Crippen molar-refractivity contribution in [3.63, 3.8) is 0 Å². The number of hydrogen-bond donors (Lipinski definition) is 0. The molecule has 0 rings (SSSR count). The first-order chi connectivity index (χ1) is 3.33. The standard InChI is InChI=1S/C3H5O.C2H3O.Ni/c1-2-3-4;1-2-3;/h2H2,1H3;1H3;/q2*-1;+2. The van der Waals surface area contributed by atoms with Crippen LogP contribution in [0.25, 0.3) is 0 Å². The zero-order chi connectivity index (χ0) is 6.12. The van der Waals surface area contributed by atoms with E-state index in [-0.39, 0.29) is 16.5 Å². The molecule has 0 saturated carbocycles. The van der Waals surface area contributed by atoms with Gasteiger partial charge in [0.05, 0.1) is 0 Å². The van der Waals surface area contributed by atoms with Crippen molar-refractivity contribution in [1.29, 1.82) is 0 Å². The Hall–Kier alpha value is -0.166. The zero-order valence-corrected chi connectivity index (χ0v) is 5.83. The summed E-state index contributed by atoms with van der Waals surface area (Å²) in [6, 6.07) is 0. The predicted octanol–water partition coefficient (Wildman–Crippen LogP) is 0.620. The van der Waals surface area contributed by atoms with E-state index in [1.807, 2.05) is 0 Å². The van der Waals surface area contributed by atoms with Gasteiger partial charge in [0.1, 0.15) is 0 Å². The van der Waals surface area contributed by atoms with Crippen molar-refractivity contribution in [2.75, 3.05) is 0 Å². The SMILES string of the molecule is CC[C-]=O.C[C-]=O.[Ni+2]. The first-order valence-corrected chi connectivity index (χ1v) is 1.97. The summed E-state index contributed by atoms with van der Waals surface area (Å²) in [4.78, 5) is 17.7. The minimum Gasteiger partial charge on any atom is -0.542 e. The summed E-state index contributed by atoms with van der Waals surface area (Å²) < 4.78 is 0. The van der Waals surface area contributed by atoms with Crippen LogP contribution in [0.5, 0.6) is 0 Å². The molecule has 8 heavy (non-hydrogen) atoms. The first kappa shape index (κ1) is 15.7. The molecular weight excluding hydrogens is 151 g/mol. The Morgan fingerprint density at radius 1 is 1.38 bits per heavy atom. The molecule has 0 fully saturated rings. The molecule has 0 aliphatic heterocycles. The van der Waals surface area contributed by atoms with Gasteiger partial charge in [-0.3, -0.25) is 12.6 Å². The molecule has 0 heterocycles. The fraction of sp³-hybridized carbons (Fsp3) is 0.600. The number of carbonyl (C=O) groups excluding carboxylic acids is 2. The van der Waals surface area contributed by atoms with E-state index in [2.05, 4.69) is 0 Å². The minimum atomic E-state index is 0. The Morgan fingerprint density at radius 2 is 1.50 bits per heavy atom. The molecule has 0 bridgehead atoms. The van der Waals surface area contributed by atoms with Gasteiger partial charge in [-0.15, -0.1) is 0 Å². The van der Waals surface area contributed by atoms with Crippen LogP contribution in [-0.4, -0.2) is 12.6 Å². The maximum Gasteiger partial charge on any atom is 2.00 e. The summed E-state index contributed by atoms with van der Waals surface area (Å²) in [6.45, 7) is 3.08. The van der Waals surface area contributed by atoms with Crippen molar-refractivity contribution in [1.82, 2.24) is 0 Å². The molecule has 0 unspecified atom stereocenters. The van der Waals surface area contributed by atoms with Crippen molar-refractivity contribution in [3.05, 3.63) is 0 Å². The Balaban J connectivity index is -0.0000000575. The molecule has 0 aliphatic rings. The quantitative estimate of drug-likeness (QED) is 0.415. The second kappa shape index (κ2) is 29.0. The molecule has 0 spiro atoms. The van der Waals surface area contributed by atoms with E-state index < -0.39 is 0 Å². The van der Waals surface area contributed by atoms with Gasteiger partial charge in [-0.2, -0.15) is 13.3 Å².